The van der Waals surface area contributed by atoms with E-state index >= 15 is 0 Å². The Hall–Kier alpha value is -2.93. The highest BCUT2D eigenvalue weighted by atomic mass is 32.1. The average molecular weight is 341 g/mol. The van der Waals surface area contributed by atoms with Gasteiger partial charge in [0.25, 0.3) is 5.91 Å². The number of methoxy groups -OCH3 is 1. The molecule has 2 heterocycles. The lowest BCUT2D eigenvalue weighted by molar-refractivity contribution is 0.0600. The molecule has 1 amide bonds. The fourth-order valence-electron chi connectivity index (χ4n) is 2.25. The molecule has 122 valence electrons. The molecule has 3 rings (SSSR count). The Bertz CT molecular complexity index is 898. The molecule has 0 unspecified atom stereocenters. The Labute approximate surface area is 142 Å². The zero-order valence-corrected chi connectivity index (χ0v) is 14.0. The van der Waals surface area contributed by atoms with Crippen LogP contribution in [0.5, 0.6) is 0 Å². The fraction of sp³-hybridized carbons (Fsp3) is 0.118. The van der Waals surface area contributed by atoms with Gasteiger partial charge in [0.1, 0.15) is 0 Å². The number of aryl methyl sites for hydroxylation is 1. The number of hydrogen-bond acceptors (Lipinski definition) is 5. The number of hydrogen-bond donors (Lipinski definition) is 1. The van der Waals surface area contributed by atoms with Crippen LogP contribution in [0, 0.1) is 0 Å². The Kier molecular flexibility index (Phi) is 4.43. The van der Waals surface area contributed by atoms with Crippen LogP contribution in [-0.4, -0.2) is 28.5 Å². The highest BCUT2D eigenvalue weighted by Crippen LogP contribution is 2.25. The Morgan fingerprint density at radius 1 is 1.21 bits per heavy atom. The third kappa shape index (κ3) is 3.21. The van der Waals surface area contributed by atoms with Gasteiger partial charge in [-0.2, -0.15) is 0 Å². The summed E-state index contributed by atoms with van der Waals surface area (Å²) in [7, 11) is 3.24. The average Bonchev–Trinajstić information content (AvgIpc) is 3.22. The summed E-state index contributed by atoms with van der Waals surface area (Å²) in [6, 6.07) is 10.3. The number of thiazole rings is 1. The molecule has 0 saturated carbocycles. The van der Waals surface area contributed by atoms with E-state index in [-0.39, 0.29) is 5.91 Å². The first-order valence-corrected chi connectivity index (χ1v) is 8.03. The summed E-state index contributed by atoms with van der Waals surface area (Å²) in [5, 5.41) is 5.14. The maximum atomic E-state index is 12.3. The molecule has 24 heavy (non-hydrogen) atoms. The highest BCUT2D eigenvalue weighted by molar-refractivity contribution is 7.14. The zero-order chi connectivity index (χ0) is 17.1. The van der Waals surface area contributed by atoms with Crippen LogP contribution in [0.15, 0.2) is 48.0 Å². The number of ether oxygens (including phenoxy) is 1. The molecule has 0 aliphatic heterocycles. The minimum atomic E-state index is -0.482. The molecule has 0 aliphatic rings. The number of carbonyl (C=O) groups is 2. The molecular formula is C17H15N3O3S. The van der Waals surface area contributed by atoms with E-state index in [0.29, 0.717) is 16.3 Å². The lowest BCUT2D eigenvalue weighted by atomic mass is 10.1. The molecule has 2 aromatic heterocycles. The van der Waals surface area contributed by atoms with Crippen molar-refractivity contribution in [3.63, 3.8) is 0 Å². The first-order chi connectivity index (χ1) is 11.6. The minimum absolute atomic E-state index is 0.325. The molecule has 3 aromatic rings. The summed E-state index contributed by atoms with van der Waals surface area (Å²) >= 11 is 1.35. The van der Waals surface area contributed by atoms with Crippen molar-refractivity contribution in [3.8, 4) is 11.4 Å². The van der Waals surface area contributed by atoms with Crippen LogP contribution in [0.2, 0.25) is 0 Å². The summed E-state index contributed by atoms with van der Waals surface area (Å²) in [4.78, 5) is 28.3. The highest BCUT2D eigenvalue weighted by Gasteiger charge is 2.13. The molecule has 0 spiro atoms. The summed E-state index contributed by atoms with van der Waals surface area (Å²) in [5.74, 6) is -0.807. The number of nitrogens with one attached hydrogen (secondary N) is 1. The predicted molar refractivity (Wildman–Crippen MR) is 92.3 cm³/mol. The van der Waals surface area contributed by atoms with Gasteiger partial charge in [0.15, 0.2) is 5.13 Å². The van der Waals surface area contributed by atoms with E-state index in [1.807, 2.05) is 35.3 Å². The summed E-state index contributed by atoms with van der Waals surface area (Å²) in [6.07, 6.45) is 1.94. The number of rotatable bonds is 4. The number of benzene rings is 1. The van der Waals surface area contributed by atoms with Gasteiger partial charge >= 0.3 is 5.97 Å². The largest absolute Gasteiger partial charge is 0.465 e. The van der Waals surface area contributed by atoms with Crippen molar-refractivity contribution in [2.45, 2.75) is 0 Å². The van der Waals surface area contributed by atoms with Gasteiger partial charge in [0.05, 0.1) is 24.1 Å². The van der Waals surface area contributed by atoms with Crippen molar-refractivity contribution >= 4 is 28.3 Å². The van der Waals surface area contributed by atoms with Gasteiger partial charge in [0.2, 0.25) is 0 Å². The molecule has 0 atom stereocenters. The van der Waals surface area contributed by atoms with Crippen LogP contribution in [0.3, 0.4) is 0 Å². The normalized spacial score (nSPS) is 10.4. The van der Waals surface area contributed by atoms with Crippen molar-refractivity contribution in [3.05, 3.63) is 59.1 Å². The minimum Gasteiger partial charge on any atom is -0.465 e. The van der Waals surface area contributed by atoms with Gasteiger partial charge in [0, 0.05) is 24.2 Å². The Balaban J connectivity index is 1.77. The molecule has 0 aliphatic carbocycles. The van der Waals surface area contributed by atoms with E-state index in [9.17, 15) is 9.59 Å². The SMILES string of the molecule is COC(=O)c1cccc(C(=O)Nc2nc(-c3cccn3C)cs2)c1. The van der Waals surface area contributed by atoms with Gasteiger partial charge in [-0.15, -0.1) is 11.3 Å². The number of nitrogens with zero attached hydrogens (tertiary/aromatic N) is 2. The smallest absolute Gasteiger partial charge is 0.337 e. The monoisotopic (exact) mass is 341 g/mol. The van der Waals surface area contributed by atoms with Crippen molar-refractivity contribution in [2.75, 3.05) is 12.4 Å². The van der Waals surface area contributed by atoms with E-state index in [4.69, 9.17) is 0 Å². The van der Waals surface area contributed by atoms with Crippen molar-refractivity contribution in [1.29, 1.82) is 0 Å². The maximum Gasteiger partial charge on any atom is 0.337 e. The standard InChI is InChI=1S/C17H15N3O3S/c1-20-8-4-7-14(20)13-10-24-17(18-13)19-15(21)11-5-3-6-12(9-11)16(22)23-2/h3-10H,1-2H3,(H,18,19,21). The molecule has 0 radical (unpaired) electrons. The van der Waals surface area contributed by atoms with Crippen molar-refractivity contribution < 1.29 is 14.3 Å². The molecular weight excluding hydrogens is 326 g/mol. The van der Waals surface area contributed by atoms with Gasteiger partial charge in [-0.1, -0.05) is 6.07 Å². The first kappa shape index (κ1) is 15.9. The lowest BCUT2D eigenvalue weighted by Crippen LogP contribution is -2.13. The van der Waals surface area contributed by atoms with Crippen molar-refractivity contribution in [2.24, 2.45) is 7.05 Å². The molecule has 1 N–H and O–H groups in total. The van der Waals surface area contributed by atoms with E-state index < -0.39 is 5.97 Å². The predicted octanol–water partition coefficient (Wildman–Crippen LogP) is 3.19. The van der Waals surface area contributed by atoms with Gasteiger partial charge in [-0.3, -0.25) is 10.1 Å². The lowest BCUT2D eigenvalue weighted by Gasteiger charge is -2.04. The number of carbonyl (C=O) groups excluding carboxylic acids is 2. The van der Waals surface area contributed by atoms with Crippen LogP contribution in [0.25, 0.3) is 11.4 Å². The van der Waals surface area contributed by atoms with Crippen LogP contribution in [0.1, 0.15) is 20.7 Å². The van der Waals surface area contributed by atoms with E-state index in [2.05, 4.69) is 15.0 Å². The zero-order valence-electron chi connectivity index (χ0n) is 13.1. The van der Waals surface area contributed by atoms with E-state index in [0.717, 1.165) is 11.4 Å². The second-order valence-corrected chi connectivity index (χ2v) is 5.93. The number of esters is 1. The number of anilines is 1. The second kappa shape index (κ2) is 6.67. The Morgan fingerprint density at radius 3 is 2.71 bits per heavy atom. The Morgan fingerprint density at radius 2 is 2.00 bits per heavy atom. The summed E-state index contributed by atoms with van der Waals surface area (Å²) < 4.78 is 6.62. The van der Waals surface area contributed by atoms with E-state index in [1.54, 1.807) is 18.2 Å². The molecule has 0 bridgehead atoms. The number of amides is 1. The fourth-order valence-corrected chi connectivity index (χ4v) is 2.95. The van der Waals surface area contributed by atoms with Gasteiger partial charge < -0.3 is 9.30 Å². The van der Waals surface area contributed by atoms with Crippen LogP contribution in [-0.2, 0) is 11.8 Å². The van der Waals surface area contributed by atoms with Crippen LogP contribution < -0.4 is 5.32 Å². The third-order valence-electron chi connectivity index (χ3n) is 3.48. The third-order valence-corrected chi connectivity index (χ3v) is 4.23. The molecule has 7 heteroatoms. The van der Waals surface area contributed by atoms with Crippen LogP contribution in [0.4, 0.5) is 5.13 Å². The van der Waals surface area contributed by atoms with Crippen LogP contribution >= 0.6 is 11.3 Å². The molecule has 0 saturated heterocycles. The van der Waals surface area contributed by atoms with Gasteiger partial charge in [-0.25, -0.2) is 9.78 Å². The summed E-state index contributed by atoms with van der Waals surface area (Å²) in [6.45, 7) is 0. The second-order valence-electron chi connectivity index (χ2n) is 5.07. The molecule has 0 fully saturated rings. The molecule has 1 aromatic carbocycles. The topological polar surface area (TPSA) is 73.2 Å². The molecule has 6 nitrogen and oxygen atoms in total. The van der Waals surface area contributed by atoms with Gasteiger partial charge in [-0.05, 0) is 30.3 Å². The van der Waals surface area contributed by atoms with E-state index in [1.165, 1.54) is 24.5 Å². The quantitative estimate of drug-likeness (QED) is 0.740. The first-order valence-electron chi connectivity index (χ1n) is 7.15. The number of aromatic nitrogens is 2. The van der Waals surface area contributed by atoms with Crippen molar-refractivity contribution in [1.82, 2.24) is 9.55 Å². The maximum absolute atomic E-state index is 12.3. The summed E-state index contributed by atoms with van der Waals surface area (Å²) in [5.41, 5.74) is 2.47.